The Kier molecular flexibility index (Phi) is 3.52. The molecule has 1 rings (SSSR count). The Morgan fingerprint density at radius 3 is 1.30 bits per heavy atom. The molecular formula is C6H12BO2U. The van der Waals surface area contributed by atoms with Crippen molar-refractivity contribution >= 4 is 7.69 Å². The van der Waals surface area contributed by atoms with Gasteiger partial charge in [-0.05, 0) is 27.7 Å². The molecule has 0 N–H and O–H groups in total. The standard InChI is InChI=1S/C6H12BO2.U/c1-5(2)6(3,4)9-7-8-5;/h1-4H3;. The minimum Gasteiger partial charge on any atom is -0.405 e. The average molecular weight is 365 g/mol. The van der Waals surface area contributed by atoms with Crippen molar-refractivity contribution in [3.63, 3.8) is 0 Å². The first kappa shape index (κ1) is 11.0. The first-order valence-corrected chi connectivity index (χ1v) is 3.13. The quantitative estimate of drug-likeness (QED) is 0.600. The second kappa shape index (κ2) is 3.19. The molecule has 0 bridgehead atoms. The molecule has 55 valence electrons. The van der Waals surface area contributed by atoms with E-state index in [4.69, 9.17) is 9.31 Å². The maximum atomic E-state index is 5.21. The van der Waals surface area contributed by atoms with E-state index >= 15 is 0 Å². The average Bonchev–Trinajstić information content (AvgIpc) is 1.81. The van der Waals surface area contributed by atoms with Gasteiger partial charge in [-0.15, -0.1) is 0 Å². The van der Waals surface area contributed by atoms with Crippen LogP contribution in [0.2, 0.25) is 0 Å². The summed E-state index contributed by atoms with van der Waals surface area (Å²) in [4.78, 5) is 0. The van der Waals surface area contributed by atoms with Gasteiger partial charge in [0.1, 0.15) is 0 Å². The molecule has 4 heteroatoms. The molecule has 0 aliphatic carbocycles. The van der Waals surface area contributed by atoms with Crippen LogP contribution in [0.25, 0.3) is 0 Å². The molecule has 0 atom stereocenters. The first-order valence-electron chi connectivity index (χ1n) is 3.13. The van der Waals surface area contributed by atoms with Gasteiger partial charge in [0.2, 0.25) is 0 Å². The van der Waals surface area contributed by atoms with Crippen LogP contribution in [0.5, 0.6) is 0 Å². The van der Waals surface area contributed by atoms with E-state index in [0.29, 0.717) is 0 Å². The van der Waals surface area contributed by atoms with Crippen molar-refractivity contribution in [2.75, 3.05) is 0 Å². The van der Waals surface area contributed by atoms with Gasteiger partial charge in [0, 0.05) is 31.1 Å². The van der Waals surface area contributed by atoms with Crippen LogP contribution >= 0.6 is 0 Å². The number of hydrogen-bond donors (Lipinski definition) is 0. The normalized spacial score (nSPS) is 26.8. The molecule has 1 heterocycles. The van der Waals surface area contributed by atoms with Crippen molar-refractivity contribution < 1.29 is 40.4 Å². The second-order valence-electron chi connectivity index (χ2n) is 3.35. The predicted octanol–water partition coefficient (Wildman–Crippen LogP) is 1.12. The molecule has 0 aromatic heterocycles. The Bertz CT molecular complexity index is 111. The van der Waals surface area contributed by atoms with E-state index in [-0.39, 0.29) is 42.3 Å². The molecule has 0 unspecified atom stereocenters. The number of hydrogen-bond acceptors (Lipinski definition) is 2. The van der Waals surface area contributed by atoms with E-state index in [2.05, 4.69) is 0 Å². The molecule has 0 spiro atoms. The van der Waals surface area contributed by atoms with Gasteiger partial charge in [-0.3, -0.25) is 0 Å². The van der Waals surface area contributed by atoms with Crippen molar-refractivity contribution in [3.05, 3.63) is 0 Å². The molecule has 0 amide bonds. The summed E-state index contributed by atoms with van der Waals surface area (Å²) in [6.07, 6.45) is 0. The van der Waals surface area contributed by atoms with Crippen LogP contribution in [0, 0.1) is 31.1 Å². The Balaban J connectivity index is 0.000000810. The van der Waals surface area contributed by atoms with Crippen LogP contribution < -0.4 is 0 Å². The van der Waals surface area contributed by atoms with Gasteiger partial charge in [-0.2, -0.15) is 0 Å². The first-order chi connectivity index (χ1) is 3.96. The summed E-state index contributed by atoms with van der Waals surface area (Å²) in [5.74, 6) is 0. The van der Waals surface area contributed by atoms with Crippen LogP contribution in [-0.4, -0.2) is 18.9 Å². The fraction of sp³-hybridized carbons (Fsp3) is 1.00. The van der Waals surface area contributed by atoms with Gasteiger partial charge in [-0.1, -0.05) is 0 Å². The molecule has 1 radical (unpaired) electrons. The minimum absolute atomic E-state index is 0. The third-order valence-corrected chi connectivity index (χ3v) is 2.14. The van der Waals surface area contributed by atoms with Crippen molar-refractivity contribution in [2.24, 2.45) is 0 Å². The zero-order valence-corrected chi connectivity index (χ0v) is 11.1. The van der Waals surface area contributed by atoms with Gasteiger partial charge in [0.05, 0.1) is 11.2 Å². The Morgan fingerprint density at radius 1 is 0.900 bits per heavy atom. The third kappa shape index (κ3) is 1.79. The summed E-state index contributed by atoms with van der Waals surface area (Å²) in [5, 5.41) is 0. The molecule has 1 saturated heterocycles. The maximum Gasteiger partial charge on any atom is 0.488 e. The van der Waals surface area contributed by atoms with Crippen molar-refractivity contribution in [1.29, 1.82) is 0 Å². The predicted molar refractivity (Wildman–Crippen MR) is 36.1 cm³/mol. The summed E-state index contributed by atoms with van der Waals surface area (Å²) in [6.45, 7) is 8.04. The second-order valence-corrected chi connectivity index (χ2v) is 3.35. The molecule has 10 heavy (non-hydrogen) atoms. The van der Waals surface area contributed by atoms with E-state index in [1.54, 1.807) is 0 Å². The van der Waals surface area contributed by atoms with Crippen LogP contribution in [-0.2, 0) is 9.31 Å². The van der Waals surface area contributed by atoms with Crippen molar-refractivity contribution in [3.8, 4) is 0 Å². The van der Waals surface area contributed by atoms with Crippen LogP contribution in [0.1, 0.15) is 27.7 Å². The van der Waals surface area contributed by atoms with Crippen LogP contribution in [0.15, 0.2) is 0 Å². The van der Waals surface area contributed by atoms with Crippen LogP contribution in [0.3, 0.4) is 0 Å². The smallest absolute Gasteiger partial charge is 0.405 e. The maximum absolute atomic E-state index is 5.21. The van der Waals surface area contributed by atoms with Crippen molar-refractivity contribution in [1.82, 2.24) is 0 Å². The summed E-state index contributed by atoms with van der Waals surface area (Å²) in [7, 11) is 1.42. The Labute approximate surface area is 86.7 Å². The monoisotopic (exact) mass is 365 g/mol. The zero-order chi connectivity index (χ0) is 7.12. The van der Waals surface area contributed by atoms with Gasteiger partial charge >= 0.3 is 7.69 Å². The zero-order valence-electron chi connectivity index (χ0n) is 6.89. The largest absolute Gasteiger partial charge is 0.488 e. The van der Waals surface area contributed by atoms with E-state index in [1.165, 1.54) is 7.69 Å². The topological polar surface area (TPSA) is 18.5 Å². The molecule has 1 fully saturated rings. The van der Waals surface area contributed by atoms with Crippen molar-refractivity contribution in [2.45, 2.75) is 38.9 Å². The molecule has 1 aliphatic heterocycles. The summed E-state index contributed by atoms with van der Waals surface area (Å²) >= 11 is 0. The Hall–Kier alpha value is 1.04. The molecule has 1 aliphatic rings. The van der Waals surface area contributed by atoms with Gasteiger partial charge in [-0.25, -0.2) is 0 Å². The summed E-state index contributed by atoms with van der Waals surface area (Å²) < 4.78 is 10.4. The van der Waals surface area contributed by atoms with Crippen LogP contribution in [0.4, 0.5) is 0 Å². The van der Waals surface area contributed by atoms with Gasteiger partial charge in [0.15, 0.2) is 0 Å². The molecule has 0 aromatic rings. The fourth-order valence-corrected chi connectivity index (χ4v) is 0.548. The van der Waals surface area contributed by atoms with E-state index in [0.717, 1.165) is 0 Å². The fourth-order valence-electron chi connectivity index (χ4n) is 0.548. The molecule has 2 nitrogen and oxygen atoms in total. The summed E-state index contributed by atoms with van der Waals surface area (Å²) in [5.41, 5.74) is -0.375. The SMILES string of the molecule is CC1(C)O[B]OC1(C)C.[U]. The van der Waals surface area contributed by atoms with E-state index < -0.39 is 0 Å². The third-order valence-electron chi connectivity index (χ3n) is 2.14. The van der Waals surface area contributed by atoms with E-state index in [1.807, 2.05) is 27.7 Å². The van der Waals surface area contributed by atoms with Gasteiger partial charge in [0.25, 0.3) is 0 Å². The number of rotatable bonds is 0. The summed E-state index contributed by atoms with van der Waals surface area (Å²) in [6, 6.07) is 0. The van der Waals surface area contributed by atoms with E-state index in [9.17, 15) is 0 Å². The Morgan fingerprint density at radius 2 is 1.20 bits per heavy atom. The minimum atomic E-state index is -0.188. The molecule has 0 saturated carbocycles. The van der Waals surface area contributed by atoms with Gasteiger partial charge < -0.3 is 9.31 Å². The molecular weight excluding hydrogens is 353 g/mol. The molecule has 0 aromatic carbocycles.